The van der Waals surface area contributed by atoms with Gasteiger partial charge in [-0.05, 0) is 80.1 Å². The highest BCUT2D eigenvalue weighted by molar-refractivity contribution is 8.00. The molecule has 38 heavy (non-hydrogen) atoms. The lowest BCUT2D eigenvalue weighted by Crippen LogP contribution is -2.37. The first-order valence-electron chi connectivity index (χ1n) is 13.2. The number of nitrogens with zero attached hydrogens (tertiary/aromatic N) is 2. The van der Waals surface area contributed by atoms with E-state index in [0.717, 1.165) is 69.6 Å². The number of methoxy groups -OCH3 is 1. The lowest BCUT2D eigenvalue weighted by atomic mass is 9.80. The van der Waals surface area contributed by atoms with Crippen molar-refractivity contribution in [2.24, 2.45) is 11.1 Å². The molecule has 3 aromatic rings. The zero-order chi connectivity index (χ0) is 26.5. The molecule has 2 heterocycles. The number of rotatable bonds is 8. The van der Waals surface area contributed by atoms with Crippen LogP contribution in [0.4, 0.5) is 0 Å². The van der Waals surface area contributed by atoms with Crippen LogP contribution in [-0.4, -0.2) is 55.5 Å². The Labute approximate surface area is 233 Å². The third-order valence-electron chi connectivity index (χ3n) is 7.67. The van der Waals surface area contributed by atoms with Crippen molar-refractivity contribution >= 4 is 34.7 Å². The van der Waals surface area contributed by atoms with E-state index in [-0.39, 0.29) is 11.8 Å². The number of amides is 1. The topological polar surface area (TPSA) is 74.2 Å². The molecule has 0 radical (unpaired) electrons. The number of fused-ring (bicyclic) bond motifs is 1. The minimum Gasteiger partial charge on any atom is -0.497 e. The third-order valence-corrected chi connectivity index (χ3v) is 10.2. The molecule has 200 valence electrons. The van der Waals surface area contributed by atoms with Crippen LogP contribution in [0.5, 0.6) is 5.75 Å². The number of hydrogen-bond donors (Lipinski definition) is 2. The van der Waals surface area contributed by atoms with Crippen LogP contribution in [0.15, 0.2) is 64.0 Å². The van der Waals surface area contributed by atoms with Gasteiger partial charge in [0.25, 0.3) is 5.91 Å². The normalized spacial score (nSPS) is 19.3. The fourth-order valence-corrected chi connectivity index (χ4v) is 7.92. The van der Waals surface area contributed by atoms with E-state index in [2.05, 4.69) is 46.7 Å². The van der Waals surface area contributed by atoms with Gasteiger partial charge in [-0.15, -0.1) is 23.1 Å². The first-order chi connectivity index (χ1) is 18.6. The summed E-state index contributed by atoms with van der Waals surface area (Å²) in [5.74, 6) is 2.24. The van der Waals surface area contributed by atoms with Crippen LogP contribution in [0.3, 0.4) is 0 Å². The summed E-state index contributed by atoms with van der Waals surface area (Å²) >= 11 is 3.26. The fourth-order valence-electron chi connectivity index (χ4n) is 5.38. The molecule has 6 nitrogen and oxygen atoms in total. The number of thioether (sulfide) groups is 1. The van der Waals surface area contributed by atoms with Gasteiger partial charge in [-0.2, -0.15) is 0 Å². The van der Waals surface area contributed by atoms with Gasteiger partial charge < -0.3 is 20.2 Å². The largest absolute Gasteiger partial charge is 0.497 e. The number of piperidine rings is 1. The van der Waals surface area contributed by atoms with Gasteiger partial charge in [-0.3, -0.25) is 4.79 Å². The van der Waals surface area contributed by atoms with Gasteiger partial charge in [-0.25, -0.2) is 0 Å². The maximum Gasteiger partial charge on any atom is 0.261 e. The van der Waals surface area contributed by atoms with E-state index in [9.17, 15) is 10.0 Å². The Morgan fingerprint density at radius 1 is 1.13 bits per heavy atom. The molecular formula is C30H35N3O3S2. The summed E-state index contributed by atoms with van der Waals surface area (Å²) in [6, 6.07) is 18.4. The van der Waals surface area contributed by atoms with E-state index in [1.807, 2.05) is 30.3 Å². The molecule has 8 heteroatoms. The van der Waals surface area contributed by atoms with Gasteiger partial charge in [0, 0.05) is 24.3 Å². The number of nitrogens with one attached hydrogen (secondary N) is 1. The molecule has 1 atom stereocenters. The summed E-state index contributed by atoms with van der Waals surface area (Å²) in [6.45, 7) is 2.86. The van der Waals surface area contributed by atoms with Gasteiger partial charge in [0.05, 0.1) is 21.9 Å². The summed E-state index contributed by atoms with van der Waals surface area (Å²) in [4.78, 5) is 16.7. The summed E-state index contributed by atoms with van der Waals surface area (Å²) in [5, 5.41) is 17.1. The number of ether oxygens (including phenoxy) is 1. The third kappa shape index (κ3) is 6.08. The van der Waals surface area contributed by atoms with Crippen molar-refractivity contribution in [3.63, 3.8) is 0 Å². The van der Waals surface area contributed by atoms with Crippen molar-refractivity contribution in [2.75, 3.05) is 33.8 Å². The van der Waals surface area contributed by atoms with Gasteiger partial charge in [0.15, 0.2) is 0 Å². The number of oxime groups is 1. The average Bonchev–Trinajstić information content (AvgIpc) is 3.34. The van der Waals surface area contributed by atoms with Gasteiger partial charge in [0.2, 0.25) is 0 Å². The van der Waals surface area contributed by atoms with Crippen LogP contribution in [0, 0.1) is 5.92 Å². The standard InChI is InChI=1S/C30H35N3O3S2/c1-33-14-12-20(13-15-33)18-31-29(34)28-25-16-23(22-8-10-24(36-2)11-9-22)17-26(32-35)27(25)30(38-28)37-19-21-6-4-3-5-7-21/h3-11,20,23,35H,12-19H2,1-2H3,(H,31,34)/b32-26+. The fraction of sp³-hybridized carbons (Fsp3) is 0.400. The van der Waals surface area contributed by atoms with Crippen LogP contribution in [-0.2, 0) is 12.2 Å². The molecule has 5 rings (SSSR count). The second-order valence-corrected chi connectivity index (χ2v) is 12.5. The Morgan fingerprint density at radius 2 is 1.87 bits per heavy atom. The SMILES string of the molecule is COc1ccc(C2C/C(=N\O)c3c(SCc4ccccc4)sc(C(=O)NCC4CCN(C)CC4)c3C2)cc1. The Bertz CT molecular complexity index is 1270. The van der Waals surface area contributed by atoms with E-state index < -0.39 is 0 Å². The minimum atomic E-state index is -0.00981. The highest BCUT2D eigenvalue weighted by Gasteiger charge is 2.34. The van der Waals surface area contributed by atoms with E-state index >= 15 is 0 Å². The van der Waals surface area contributed by atoms with E-state index in [1.165, 1.54) is 5.56 Å². The Hall–Kier alpha value is -2.81. The summed E-state index contributed by atoms with van der Waals surface area (Å²) in [5.41, 5.74) is 4.99. The van der Waals surface area contributed by atoms with Crippen LogP contribution < -0.4 is 10.1 Å². The zero-order valence-electron chi connectivity index (χ0n) is 22.0. The highest BCUT2D eigenvalue weighted by atomic mass is 32.2. The van der Waals surface area contributed by atoms with E-state index in [1.54, 1.807) is 30.2 Å². The molecule has 2 aromatic carbocycles. The maximum absolute atomic E-state index is 13.6. The van der Waals surface area contributed by atoms with Crippen molar-refractivity contribution in [3.8, 4) is 5.75 Å². The average molecular weight is 550 g/mol. The quantitative estimate of drug-likeness (QED) is 0.204. The highest BCUT2D eigenvalue weighted by Crippen LogP contribution is 2.45. The minimum absolute atomic E-state index is 0.00981. The zero-order valence-corrected chi connectivity index (χ0v) is 23.6. The number of carbonyl (C=O) groups is 1. The van der Waals surface area contributed by atoms with Crippen LogP contribution in [0.2, 0.25) is 0 Å². The molecule has 1 aromatic heterocycles. The smallest absolute Gasteiger partial charge is 0.261 e. The lowest BCUT2D eigenvalue weighted by Gasteiger charge is -2.29. The molecule has 0 bridgehead atoms. The molecule has 2 N–H and O–H groups in total. The predicted octanol–water partition coefficient (Wildman–Crippen LogP) is 6.03. The molecule has 1 unspecified atom stereocenters. The van der Waals surface area contributed by atoms with E-state index in [0.29, 0.717) is 24.6 Å². The van der Waals surface area contributed by atoms with Crippen molar-refractivity contribution in [1.29, 1.82) is 0 Å². The molecule has 0 saturated carbocycles. The Morgan fingerprint density at radius 3 is 2.55 bits per heavy atom. The molecule has 0 spiro atoms. The second-order valence-electron chi connectivity index (χ2n) is 10.2. The van der Waals surface area contributed by atoms with Gasteiger partial charge in [0.1, 0.15) is 5.75 Å². The van der Waals surface area contributed by atoms with Crippen molar-refractivity contribution < 1.29 is 14.7 Å². The molecule has 1 aliphatic heterocycles. The number of benzene rings is 2. The maximum atomic E-state index is 13.6. The van der Waals surface area contributed by atoms with E-state index in [4.69, 9.17) is 4.74 Å². The van der Waals surface area contributed by atoms with Crippen LogP contribution >= 0.6 is 23.1 Å². The number of thiophene rings is 1. The lowest BCUT2D eigenvalue weighted by molar-refractivity contribution is 0.0942. The summed E-state index contributed by atoms with van der Waals surface area (Å²) < 4.78 is 6.38. The monoisotopic (exact) mass is 549 g/mol. The molecule has 2 aliphatic rings. The molecule has 1 saturated heterocycles. The first kappa shape index (κ1) is 26.8. The summed E-state index contributed by atoms with van der Waals surface area (Å²) in [6.07, 6.45) is 3.58. The Balaban J connectivity index is 1.42. The number of carbonyl (C=O) groups excluding carboxylic acids is 1. The van der Waals surface area contributed by atoms with Crippen LogP contribution in [0.25, 0.3) is 0 Å². The van der Waals surface area contributed by atoms with Crippen molar-refractivity contribution in [3.05, 3.63) is 81.7 Å². The molecule has 1 fully saturated rings. The van der Waals surface area contributed by atoms with Gasteiger partial charge >= 0.3 is 0 Å². The first-order valence-corrected chi connectivity index (χ1v) is 15.0. The molecule has 1 aliphatic carbocycles. The predicted molar refractivity (Wildman–Crippen MR) is 155 cm³/mol. The second kappa shape index (κ2) is 12.4. The summed E-state index contributed by atoms with van der Waals surface area (Å²) in [7, 11) is 3.82. The number of likely N-dealkylation sites (tertiary alicyclic amines) is 1. The van der Waals surface area contributed by atoms with Crippen molar-refractivity contribution in [2.45, 2.75) is 41.6 Å². The van der Waals surface area contributed by atoms with Crippen molar-refractivity contribution in [1.82, 2.24) is 10.2 Å². The van der Waals surface area contributed by atoms with Crippen LogP contribution in [0.1, 0.15) is 57.1 Å². The Kier molecular flexibility index (Phi) is 8.72. The molecular weight excluding hydrogens is 514 g/mol. The molecule has 1 amide bonds. The number of hydrogen-bond acceptors (Lipinski definition) is 7. The van der Waals surface area contributed by atoms with Gasteiger partial charge in [-0.1, -0.05) is 47.6 Å².